The molecule has 1 aromatic carbocycles. The van der Waals surface area contributed by atoms with Gasteiger partial charge < -0.3 is 15.2 Å². The van der Waals surface area contributed by atoms with Crippen LogP contribution in [0.3, 0.4) is 0 Å². The van der Waals surface area contributed by atoms with Crippen molar-refractivity contribution in [3.8, 4) is 11.5 Å². The van der Waals surface area contributed by atoms with Crippen LogP contribution < -0.4 is 15.2 Å². The minimum absolute atomic E-state index is 0.242. The van der Waals surface area contributed by atoms with E-state index in [9.17, 15) is 13.2 Å². The van der Waals surface area contributed by atoms with E-state index in [-0.39, 0.29) is 11.3 Å². The maximum atomic E-state index is 12.3. The van der Waals surface area contributed by atoms with E-state index in [1.807, 2.05) is 0 Å². The van der Waals surface area contributed by atoms with E-state index in [0.29, 0.717) is 5.75 Å². The molecule has 0 aliphatic rings. The van der Waals surface area contributed by atoms with Crippen LogP contribution in [0.2, 0.25) is 0 Å². The Kier molecular flexibility index (Phi) is 4.22. The molecule has 0 heterocycles. The number of rotatable bonds is 4. The Morgan fingerprint density at radius 2 is 1.88 bits per heavy atom. The predicted octanol–water partition coefficient (Wildman–Crippen LogP) is 2.66. The number of hydrogen-bond acceptors (Lipinski definition) is 3. The van der Waals surface area contributed by atoms with Gasteiger partial charge in [-0.1, -0.05) is 12.1 Å². The van der Waals surface area contributed by atoms with Gasteiger partial charge in [-0.3, -0.25) is 0 Å². The van der Waals surface area contributed by atoms with Crippen LogP contribution in [0.5, 0.6) is 11.5 Å². The number of halogens is 3. The predicted molar refractivity (Wildman–Crippen MR) is 57.1 cm³/mol. The summed E-state index contributed by atoms with van der Waals surface area (Å²) >= 11 is 0. The second-order valence-electron chi connectivity index (χ2n) is 3.51. The molecular formula is C11H14F3NO2. The number of benzene rings is 1. The van der Waals surface area contributed by atoms with Crippen molar-refractivity contribution in [3.05, 3.63) is 23.8 Å². The molecule has 0 spiro atoms. The molecule has 0 aliphatic heterocycles. The lowest BCUT2D eigenvalue weighted by molar-refractivity contribution is -0.138. The van der Waals surface area contributed by atoms with Crippen LogP contribution in [0.15, 0.2) is 18.2 Å². The summed E-state index contributed by atoms with van der Waals surface area (Å²) < 4.78 is 46.8. The summed E-state index contributed by atoms with van der Waals surface area (Å²) in [6, 6.07) is 3.51. The third-order valence-electron chi connectivity index (χ3n) is 2.28. The van der Waals surface area contributed by atoms with Crippen molar-refractivity contribution in [2.75, 3.05) is 14.2 Å². The van der Waals surface area contributed by atoms with Gasteiger partial charge in [0.05, 0.1) is 20.6 Å². The highest BCUT2D eigenvalue weighted by Gasteiger charge is 2.32. The molecule has 0 saturated heterocycles. The van der Waals surface area contributed by atoms with E-state index in [1.165, 1.54) is 20.3 Å². The zero-order valence-electron chi connectivity index (χ0n) is 9.54. The van der Waals surface area contributed by atoms with Gasteiger partial charge in [0, 0.05) is 11.6 Å². The Morgan fingerprint density at radius 1 is 1.24 bits per heavy atom. The van der Waals surface area contributed by atoms with Gasteiger partial charge in [-0.25, -0.2) is 0 Å². The smallest absolute Gasteiger partial charge is 0.390 e. The third-order valence-corrected chi connectivity index (χ3v) is 2.28. The average Bonchev–Trinajstić information content (AvgIpc) is 2.25. The van der Waals surface area contributed by atoms with E-state index in [2.05, 4.69) is 0 Å². The summed E-state index contributed by atoms with van der Waals surface area (Å²) in [4.78, 5) is 0. The maximum absolute atomic E-state index is 12.3. The Balaban J connectivity index is 3.04. The lowest BCUT2D eigenvalue weighted by Gasteiger charge is -2.18. The van der Waals surface area contributed by atoms with E-state index in [0.717, 1.165) is 0 Å². The topological polar surface area (TPSA) is 44.5 Å². The van der Waals surface area contributed by atoms with Crippen molar-refractivity contribution < 1.29 is 22.6 Å². The molecule has 1 atom stereocenters. The van der Waals surface area contributed by atoms with Crippen LogP contribution in [0.4, 0.5) is 13.2 Å². The van der Waals surface area contributed by atoms with Gasteiger partial charge in [0.1, 0.15) is 0 Å². The van der Waals surface area contributed by atoms with Crippen molar-refractivity contribution in [2.24, 2.45) is 5.73 Å². The van der Waals surface area contributed by atoms with Crippen molar-refractivity contribution >= 4 is 0 Å². The number of hydrogen-bond donors (Lipinski definition) is 1. The molecule has 3 nitrogen and oxygen atoms in total. The molecule has 0 saturated carbocycles. The molecule has 0 unspecified atom stereocenters. The van der Waals surface area contributed by atoms with E-state index in [4.69, 9.17) is 15.2 Å². The van der Waals surface area contributed by atoms with E-state index in [1.54, 1.807) is 12.1 Å². The number of methoxy groups -OCH3 is 2. The van der Waals surface area contributed by atoms with Crippen molar-refractivity contribution in [2.45, 2.75) is 18.6 Å². The third kappa shape index (κ3) is 3.52. The summed E-state index contributed by atoms with van der Waals surface area (Å²) in [7, 11) is 2.78. The molecule has 0 fully saturated rings. The van der Waals surface area contributed by atoms with Crippen LogP contribution in [0, 0.1) is 0 Å². The maximum Gasteiger partial charge on any atom is 0.390 e. The SMILES string of the molecule is COc1cccc([C@H](N)CC(F)(F)F)c1OC. The number of para-hydroxylation sites is 1. The van der Waals surface area contributed by atoms with Crippen LogP contribution in [0.1, 0.15) is 18.0 Å². The van der Waals surface area contributed by atoms with Gasteiger partial charge in [0.25, 0.3) is 0 Å². The molecule has 0 bridgehead atoms. The van der Waals surface area contributed by atoms with Gasteiger partial charge in [-0.05, 0) is 6.07 Å². The summed E-state index contributed by atoms with van der Waals surface area (Å²) in [5.41, 5.74) is 5.81. The second kappa shape index (κ2) is 5.27. The standard InChI is InChI=1S/C11H14F3NO2/c1-16-9-5-3-4-7(10(9)17-2)8(15)6-11(12,13)14/h3-5,8H,6,15H2,1-2H3/t8-/m1/s1. The van der Waals surface area contributed by atoms with Crippen LogP contribution in [-0.4, -0.2) is 20.4 Å². The molecule has 0 amide bonds. The van der Waals surface area contributed by atoms with Gasteiger partial charge in [-0.2, -0.15) is 13.2 Å². The van der Waals surface area contributed by atoms with Crippen LogP contribution in [-0.2, 0) is 0 Å². The highest BCUT2D eigenvalue weighted by atomic mass is 19.4. The highest BCUT2D eigenvalue weighted by Crippen LogP contribution is 2.37. The number of nitrogens with two attached hydrogens (primary N) is 1. The van der Waals surface area contributed by atoms with Crippen LogP contribution >= 0.6 is 0 Å². The minimum Gasteiger partial charge on any atom is -0.493 e. The van der Waals surface area contributed by atoms with Gasteiger partial charge >= 0.3 is 6.18 Å². The Labute approximate surface area is 97.3 Å². The van der Waals surface area contributed by atoms with Crippen molar-refractivity contribution in [3.63, 3.8) is 0 Å². The molecule has 0 aliphatic carbocycles. The second-order valence-corrected chi connectivity index (χ2v) is 3.51. The molecule has 6 heteroatoms. The largest absolute Gasteiger partial charge is 0.493 e. The normalized spacial score (nSPS) is 13.3. The highest BCUT2D eigenvalue weighted by molar-refractivity contribution is 5.48. The molecule has 1 rings (SSSR count). The van der Waals surface area contributed by atoms with E-state index < -0.39 is 18.6 Å². The minimum atomic E-state index is -4.31. The lowest BCUT2D eigenvalue weighted by Crippen LogP contribution is -2.20. The Hall–Kier alpha value is -1.43. The number of ether oxygens (including phenoxy) is 2. The molecule has 96 valence electrons. The molecule has 1 aromatic rings. The summed E-state index contributed by atoms with van der Waals surface area (Å²) in [5, 5.41) is 0. The first-order valence-electron chi connectivity index (χ1n) is 4.92. The van der Waals surface area contributed by atoms with Crippen molar-refractivity contribution in [1.29, 1.82) is 0 Å². The summed E-state index contributed by atoms with van der Waals surface area (Å²) in [6.45, 7) is 0. The van der Waals surface area contributed by atoms with Gasteiger partial charge in [-0.15, -0.1) is 0 Å². The average molecular weight is 249 g/mol. The quantitative estimate of drug-likeness (QED) is 0.892. The summed E-state index contributed by atoms with van der Waals surface area (Å²) in [5.74, 6) is 0.606. The molecule has 0 radical (unpaired) electrons. The molecule has 0 aromatic heterocycles. The number of alkyl halides is 3. The zero-order valence-corrected chi connectivity index (χ0v) is 9.54. The fourth-order valence-corrected chi connectivity index (χ4v) is 1.56. The van der Waals surface area contributed by atoms with E-state index >= 15 is 0 Å². The zero-order chi connectivity index (χ0) is 13.1. The molecule has 17 heavy (non-hydrogen) atoms. The van der Waals surface area contributed by atoms with Gasteiger partial charge in [0.2, 0.25) is 0 Å². The fraction of sp³-hybridized carbons (Fsp3) is 0.455. The van der Waals surface area contributed by atoms with Gasteiger partial charge in [0.15, 0.2) is 11.5 Å². The first-order valence-corrected chi connectivity index (χ1v) is 4.92. The first kappa shape index (κ1) is 13.6. The Morgan fingerprint density at radius 3 is 2.35 bits per heavy atom. The monoisotopic (exact) mass is 249 g/mol. The van der Waals surface area contributed by atoms with Crippen molar-refractivity contribution in [1.82, 2.24) is 0 Å². The summed E-state index contributed by atoms with van der Waals surface area (Å²) in [6.07, 6.45) is -5.41. The fourth-order valence-electron chi connectivity index (χ4n) is 1.56. The Bertz CT molecular complexity index is 379. The molecular weight excluding hydrogens is 235 g/mol. The van der Waals surface area contributed by atoms with Crippen LogP contribution in [0.25, 0.3) is 0 Å². The molecule has 2 N–H and O–H groups in total. The first-order chi connectivity index (χ1) is 7.89. The lowest BCUT2D eigenvalue weighted by atomic mass is 10.0.